The molecule has 3 N–H and O–H groups in total. The van der Waals surface area contributed by atoms with Crippen LogP contribution in [0.3, 0.4) is 0 Å². The highest BCUT2D eigenvalue weighted by molar-refractivity contribution is 5.68. The van der Waals surface area contributed by atoms with Crippen LogP contribution in [0, 0.1) is 0 Å². The SMILES string of the molecule is CC(C)(C)c1cc(N)c([NH])c(C(C)(C)C)c1. The second kappa shape index (κ2) is 3.69. The van der Waals surface area contributed by atoms with Gasteiger partial charge in [-0.2, -0.15) is 0 Å². The largest absolute Gasteiger partial charge is 0.397 e. The highest BCUT2D eigenvalue weighted by Crippen LogP contribution is 2.36. The molecule has 0 heterocycles. The van der Waals surface area contributed by atoms with Crippen LogP contribution in [-0.2, 0) is 10.8 Å². The molecule has 0 spiro atoms. The van der Waals surface area contributed by atoms with Crippen LogP contribution in [0.4, 0.5) is 11.4 Å². The molecular weight excluding hydrogens is 196 g/mol. The fourth-order valence-corrected chi connectivity index (χ4v) is 1.69. The summed E-state index contributed by atoms with van der Waals surface area (Å²) in [7, 11) is 0. The summed E-state index contributed by atoms with van der Waals surface area (Å²) in [6.45, 7) is 12.8. The predicted molar refractivity (Wildman–Crippen MR) is 71.0 cm³/mol. The van der Waals surface area contributed by atoms with Gasteiger partial charge in [-0.15, -0.1) is 0 Å². The van der Waals surface area contributed by atoms with Crippen molar-refractivity contribution in [3.05, 3.63) is 23.3 Å². The number of benzene rings is 1. The van der Waals surface area contributed by atoms with Crippen molar-refractivity contribution >= 4 is 11.4 Å². The average molecular weight is 219 g/mol. The second-order valence-corrected chi connectivity index (χ2v) is 6.49. The Kier molecular flexibility index (Phi) is 2.97. The molecule has 0 saturated carbocycles. The van der Waals surface area contributed by atoms with Gasteiger partial charge in [0.05, 0.1) is 11.4 Å². The maximum Gasteiger partial charge on any atom is 0.0806 e. The number of rotatable bonds is 0. The second-order valence-electron chi connectivity index (χ2n) is 6.49. The molecule has 89 valence electrons. The zero-order chi connectivity index (χ0) is 12.7. The van der Waals surface area contributed by atoms with Gasteiger partial charge in [0.2, 0.25) is 0 Å². The smallest absolute Gasteiger partial charge is 0.0806 e. The molecular formula is C14H23N2. The van der Waals surface area contributed by atoms with Crippen molar-refractivity contribution in [3.63, 3.8) is 0 Å². The van der Waals surface area contributed by atoms with Crippen LogP contribution in [-0.4, -0.2) is 0 Å². The van der Waals surface area contributed by atoms with Gasteiger partial charge in [-0.3, -0.25) is 5.73 Å². The molecule has 0 unspecified atom stereocenters. The van der Waals surface area contributed by atoms with Crippen molar-refractivity contribution < 1.29 is 0 Å². The molecule has 2 nitrogen and oxygen atoms in total. The van der Waals surface area contributed by atoms with Crippen LogP contribution in [0.5, 0.6) is 0 Å². The zero-order valence-electron chi connectivity index (χ0n) is 11.2. The molecule has 16 heavy (non-hydrogen) atoms. The number of nitrogens with two attached hydrogens (primary N) is 1. The summed E-state index contributed by atoms with van der Waals surface area (Å²) in [6.07, 6.45) is 0. The molecule has 0 bridgehead atoms. The number of hydrogen-bond acceptors (Lipinski definition) is 1. The first-order chi connectivity index (χ1) is 7.03. The topological polar surface area (TPSA) is 49.8 Å². The van der Waals surface area contributed by atoms with Gasteiger partial charge in [-0.25, -0.2) is 0 Å². The Morgan fingerprint density at radius 1 is 0.938 bits per heavy atom. The molecule has 0 amide bonds. The predicted octanol–water partition coefficient (Wildman–Crippen LogP) is 3.78. The van der Waals surface area contributed by atoms with Crippen molar-refractivity contribution in [2.75, 3.05) is 5.73 Å². The van der Waals surface area contributed by atoms with E-state index < -0.39 is 0 Å². The summed E-state index contributed by atoms with van der Waals surface area (Å²) >= 11 is 0. The third kappa shape index (κ3) is 2.49. The van der Waals surface area contributed by atoms with Crippen LogP contribution < -0.4 is 11.5 Å². The third-order valence-corrected chi connectivity index (χ3v) is 2.84. The molecule has 0 aliphatic heterocycles. The summed E-state index contributed by atoms with van der Waals surface area (Å²) in [5.41, 5.74) is 17.3. The van der Waals surface area contributed by atoms with E-state index >= 15 is 0 Å². The Hall–Kier alpha value is -1.18. The molecule has 1 aromatic rings. The molecule has 1 rings (SSSR count). The van der Waals surface area contributed by atoms with E-state index in [0.29, 0.717) is 11.4 Å². The maximum absolute atomic E-state index is 8.03. The van der Waals surface area contributed by atoms with E-state index in [4.69, 9.17) is 11.5 Å². The minimum Gasteiger partial charge on any atom is -0.397 e. The summed E-state index contributed by atoms with van der Waals surface area (Å²) in [6, 6.07) is 4.05. The molecule has 1 radical (unpaired) electrons. The van der Waals surface area contributed by atoms with Crippen LogP contribution in [0.15, 0.2) is 12.1 Å². The standard InChI is InChI=1S/C14H23N2/c1-13(2,3)9-7-10(14(4,5)6)12(16)11(15)8-9/h7-8,16H,15H2,1-6H3. The molecule has 0 atom stereocenters. The Labute approximate surface area is 99.0 Å². The highest BCUT2D eigenvalue weighted by Gasteiger charge is 2.23. The fraction of sp³-hybridized carbons (Fsp3) is 0.571. The van der Waals surface area contributed by atoms with Gasteiger partial charge < -0.3 is 5.73 Å². The Morgan fingerprint density at radius 3 is 1.81 bits per heavy atom. The van der Waals surface area contributed by atoms with Crippen LogP contribution in [0.25, 0.3) is 0 Å². The van der Waals surface area contributed by atoms with Crippen molar-refractivity contribution in [3.8, 4) is 0 Å². The Morgan fingerprint density at radius 2 is 1.44 bits per heavy atom. The normalized spacial score (nSPS) is 12.9. The van der Waals surface area contributed by atoms with E-state index in [1.807, 2.05) is 6.07 Å². The average Bonchev–Trinajstić information content (AvgIpc) is 2.05. The maximum atomic E-state index is 8.03. The van der Waals surface area contributed by atoms with Crippen molar-refractivity contribution in [1.82, 2.24) is 5.73 Å². The first-order valence-electron chi connectivity index (χ1n) is 5.69. The van der Waals surface area contributed by atoms with Gasteiger partial charge in [0.15, 0.2) is 0 Å². The van der Waals surface area contributed by atoms with Crippen molar-refractivity contribution in [2.45, 2.75) is 52.4 Å². The quantitative estimate of drug-likeness (QED) is 0.663. The zero-order valence-corrected chi connectivity index (χ0v) is 11.2. The number of anilines is 1. The highest BCUT2D eigenvalue weighted by atomic mass is 14.7. The lowest BCUT2D eigenvalue weighted by Crippen LogP contribution is -2.17. The van der Waals surface area contributed by atoms with Gasteiger partial charge in [0.1, 0.15) is 0 Å². The van der Waals surface area contributed by atoms with Gasteiger partial charge in [-0.05, 0) is 28.0 Å². The van der Waals surface area contributed by atoms with Crippen LogP contribution in [0.2, 0.25) is 0 Å². The monoisotopic (exact) mass is 219 g/mol. The van der Waals surface area contributed by atoms with Crippen molar-refractivity contribution in [1.29, 1.82) is 0 Å². The molecule has 0 saturated heterocycles. The lowest BCUT2D eigenvalue weighted by Gasteiger charge is -2.27. The van der Waals surface area contributed by atoms with E-state index in [1.165, 1.54) is 5.56 Å². The Bertz CT molecular complexity index is 392. The van der Waals surface area contributed by atoms with Gasteiger partial charge >= 0.3 is 0 Å². The minimum atomic E-state index is -0.0353. The molecule has 0 aliphatic carbocycles. The van der Waals surface area contributed by atoms with E-state index in [9.17, 15) is 0 Å². The first kappa shape index (κ1) is 12.9. The van der Waals surface area contributed by atoms with E-state index in [2.05, 4.69) is 47.6 Å². The van der Waals surface area contributed by atoms with Crippen LogP contribution in [0.1, 0.15) is 52.7 Å². The Balaban J connectivity index is 3.46. The van der Waals surface area contributed by atoms with E-state index in [-0.39, 0.29) is 10.8 Å². The fourth-order valence-electron chi connectivity index (χ4n) is 1.69. The lowest BCUT2D eigenvalue weighted by atomic mass is 9.79. The van der Waals surface area contributed by atoms with Crippen molar-refractivity contribution in [2.24, 2.45) is 0 Å². The lowest BCUT2D eigenvalue weighted by molar-refractivity contribution is 0.569. The van der Waals surface area contributed by atoms with E-state index in [1.54, 1.807) is 0 Å². The molecule has 1 aromatic carbocycles. The molecule has 0 aromatic heterocycles. The third-order valence-electron chi connectivity index (χ3n) is 2.84. The summed E-state index contributed by atoms with van der Waals surface area (Å²) in [5, 5.41) is 0. The van der Waals surface area contributed by atoms with Crippen LogP contribution >= 0.6 is 0 Å². The first-order valence-corrected chi connectivity index (χ1v) is 5.69. The van der Waals surface area contributed by atoms with Gasteiger partial charge in [-0.1, -0.05) is 47.6 Å². The summed E-state index contributed by atoms with van der Waals surface area (Å²) < 4.78 is 0. The molecule has 0 fully saturated rings. The number of nitrogens with one attached hydrogen (secondary N) is 1. The summed E-state index contributed by atoms with van der Waals surface area (Å²) in [4.78, 5) is 0. The van der Waals surface area contributed by atoms with Gasteiger partial charge in [0.25, 0.3) is 0 Å². The summed E-state index contributed by atoms with van der Waals surface area (Å²) in [5.74, 6) is 0. The number of nitrogen functional groups attached to an aromatic ring is 1. The van der Waals surface area contributed by atoms with Gasteiger partial charge in [0, 0.05) is 0 Å². The van der Waals surface area contributed by atoms with E-state index in [0.717, 1.165) is 5.56 Å². The molecule has 0 aliphatic rings. The molecule has 2 heteroatoms. The minimum absolute atomic E-state index is 0.0353. The number of hydrogen-bond donors (Lipinski definition) is 1.